The van der Waals surface area contributed by atoms with Crippen molar-refractivity contribution in [3.05, 3.63) is 65.6 Å². The van der Waals surface area contributed by atoms with Crippen LogP contribution in [0.3, 0.4) is 0 Å². The second-order valence-electron chi connectivity index (χ2n) is 5.70. The Bertz CT molecular complexity index is 855. The van der Waals surface area contributed by atoms with E-state index in [1.807, 2.05) is 18.3 Å². The van der Waals surface area contributed by atoms with E-state index >= 15 is 0 Å². The molecule has 0 aliphatic rings. The van der Waals surface area contributed by atoms with Crippen LogP contribution in [0.2, 0.25) is 0 Å². The fraction of sp³-hybridized carbons (Fsp3) is 0.211. The Hall–Kier alpha value is -2.09. The number of anilines is 1. The van der Waals surface area contributed by atoms with Crippen molar-refractivity contribution in [2.24, 2.45) is 10.7 Å². The number of H-pyrrole nitrogens is 1. The first-order valence-corrected chi connectivity index (χ1v) is 8.07. The van der Waals surface area contributed by atoms with E-state index in [1.165, 1.54) is 17.7 Å². The van der Waals surface area contributed by atoms with Gasteiger partial charge in [0.2, 0.25) is 0 Å². The summed E-state index contributed by atoms with van der Waals surface area (Å²) < 4.78 is 13.2. The maximum Gasteiger partial charge on any atom is 0.193 e. The fourth-order valence-corrected chi connectivity index (χ4v) is 2.67. The van der Waals surface area contributed by atoms with Gasteiger partial charge in [0.15, 0.2) is 5.96 Å². The molecule has 6 heteroatoms. The first-order chi connectivity index (χ1) is 11.7. The molecule has 2 aromatic carbocycles. The standard InChI is InChI=1S/C19H21FN4.HI/c1-2-13-3-6-16(7-4-13)24-19(21)22-10-9-14-12-23-18-11-15(20)5-8-17(14)18;/h3-8,11-12,23H,2,9-10H2,1H3,(H3,21,22,24);1H. The van der Waals surface area contributed by atoms with Gasteiger partial charge in [0.1, 0.15) is 5.82 Å². The number of nitrogens with zero attached hydrogens (tertiary/aromatic N) is 1. The third kappa shape index (κ3) is 4.94. The number of nitrogens with one attached hydrogen (secondary N) is 2. The van der Waals surface area contributed by atoms with Crippen LogP contribution >= 0.6 is 24.0 Å². The summed E-state index contributed by atoms with van der Waals surface area (Å²) in [5.74, 6) is 0.154. The van der Waals surface area contributed by atoms with Crippen molar-refractivity contribution in [1.82, 2.24) is 4.98 Å². The van der Waals surface area contributed by atoms with Crippen molar-refractivity contribution in [3.8, 4) is 0 Å². The molecule has 1 aromatic heterocycles. The number of aromatic amines is 1. The van der Waals surface area contributed by atoms with Gasteiger partial charge >= 0.3 is 0 Å². The van der Waals surface area contributed by atoms with Gasteiger partial charge in [0.25, 0.3) is 0 Å². The quantitative estimate of drug-likeness (QED) is 0.304. The van der Waals surface area contributed by atoms with E-state index in [-0.39, 0.29) is 29.8 Å². The second-order valence-corrected chi connectivity index (χ2v) is 5.70. The lowest BCUT2D eigenvalue weighted by Gasteiger charge is -2.06. The van der Waals surface area contributed by atoms with E-state index in [0.29, 0.717) is 12.5 Å². The average molecular weight is 452 g/mol. The lowest BCUT2D eigenvalue weighted by atomic mass is 10.1. The summed E-state index contributed by atoms with van der Waals surface area (Å²) in [6, 6.07) is 12.9. The highest BCUT2D eigenvalue weighted by Crippen LogP contribution is 2.19. The fourth-order valence-electron chi connectivity index (χ4n) is 2.67. The van der Waals surface area contributed by atoms with Gasteiger partial charge in [-0.15, -0.1) is 24.0 Å². The molecule has 25 heavy (non-hydrogen) atoms. The maximum atomic E-state index is 13.2. The zero-order chi connectivity index (χ0) is 16.9. The molecule has 3 rings (SSSR count). The molecular formula is C19H22FIN4. The summed E-state index contributed by atoms with van der Waals surface area (Å²) >= 11 is 0. The molecule has 0 unspecified atom stereocenters. The van der Waals surface area contributed by atoms with Crippen LogP contribution in [0.15, 0.2) is 53.7 Å². The molecule has 4 nitrogen and oxygen atoms in total. The second kappa shape index (κ2) is 8.84. The highest BCUT2D eigenvalue weighted by atomic mass is 127. The highest BCUT2D eigenvalue weighted by Gasteiger charge is 2.04. The Labute approximate surface area is 163 Å². The molecule has 0 fully saturated rings. The van der Waals surface area contributed by atoms with Crippen LogP contribution in [0.25, 0.3) is 10.9 Å². The summed E-state index contributed by atoms with van der Waals surface area (Å²) in [6.45, 7) is 2.69. The van der Waals surface area contributed by atoms with Crippen LogP contribution in [0.4, 0.5) is 10.1 Å². The Morgan fingerprint density at radius 1 is 1.20 bits per heavy atom. The Morgan fingerprint density at radius 3 is 2.68 bits per heavy atom. The van der Waals surface area contributed by atoms with Crippen LogP contribution in [0.1, 0.15) is 18.1 Å². The number of nitrogens with two attached hydrogens (primary N) is 1. The van der Waals surface area contributed by atoms with Crippen LogP contribution in [-0.4, -0.2) is 17.5 Å². The molecule has 0 saturated heterocycles. The number of aromatic nitrogens is 1. The zero-order valence-corrected chi connectivity index (χ0v) is 16.4. The average Bonchev–Trinajstić information content (AvgIpc) is 2.97. The van der Waals surface area contributed by atoms with Crippen LogP contribution < -0.4 is 11.1 Å². The summed E-state index contributed by atoms with van der Waals surface area (Å²) in [5, 5.41) is 4.11. The number of aryl methyl sites for hydroxylation is 1. The molecule has 0 atom stereocenters. The number of benzene rings is 2. The van der Waals surface area contributed by atoms with Gasteiger partial charge in [-0.2, -0.15) is 0 Å². The third-order valence-corrected chi connectivity index (χ3v) is 4.03. The Morgan fingerprint density at radius 2 is 1.96 bits per heavy atom. The zero-order valence-electron chi connectivity index (χ0n) is 14.1. The van der Waals surface area contributed by atoms with Gasteiger partial charge in [-0.3, -0.25) is 4.99 Å². The van der Waals surface area contributed by atoms with Crippen molar-refractivity contribution < 1.29 is 4.39 Å². The van der Waals surface area contributed by atoms with E-state index in [1.54, 1.807) is 6.07 Å². The number of rotatable bonds is 5. The largest absolute Gasteiger partial charge is 0.370 e. The monoisotopic (exact) mass is 452 g/mol. The van der Waals surface area contributed by atoms with Crippen molar-refractivity contribution in [2.75, 3.05) is 11.9 Å². The number of guanidine groups is 1. The number of hydrogen-bond acceptors (Lipinski definition) is 1. The maximum absolute atomic E-state index is 13.2. The minimum absolute atomic E-state index is 0. The van der Waals surface area contributed by atoms with E-state index in [2.05, 4.69) is 34.3 Å². The van der Waals surface area contributed by atoms with Crippen molar-refractivity contribution in [2.45, 2.75) is 19.8 Å². The molecule has 0 bridgehead atoms. The number of aliphatic imine (C=N–C) groups is 1. The third-order valence-electron chi connectivity index (χ3n) is 4.03. The predicted octanol–water partition coefficient (Wildman–Crippen LogP) is 4.46. The molecule has 0 radical (unpaired) electrons. The molecule has 132 valence electrons. The van der Waals surface area contributed by atoms with Crippen LogP contribution in [0.5, 0.6) is 0 Å². The minimum atomic E-state index is -0.239. The predicted molar refractivity (Wildman–Crippen MR) is 113 cm³/mol. The van der Waals surface area contributed by atoms with E-state index in [0.717, 1.165) is 35.0 Å². The summed E-state index contributed by atoms with van der Waals surface area (Å²) in [6.07, 6.45) is 3.65. The molecule has 0 amide bonds. The topological polar surface area (TPSA) is 66.2 Å². The summed E-state index contributed by atoms with van der Waals surface area (Å²) in [7, 11) is 0. The molecule has 0 aliphatic heterocycles. The SMILES string of the molecule is CCc1ccc(NC(N)=NCCc2c[nH]c3cc(F)ccc23)cc1.I. The first-order valence-electron chi connectivity index (χ1n) is 8.07. The normalized spacial score (nSPS) is 11.4. The van der Waals surface area contributed by atoms with Crippen LogP contribution in [0, 0.1) is 5.82 Å². The first kappa shape index (κ1) is 19.2. The summed E-state index contributed by atoms with van der Waals surface area (Å²) in [5.41, 5.74) is 10.0. The van der Waals surface area contributed by atoms with E-state index < -0.39 is 0 Å². The molecule has 0 saturated carbocycles. The molecule has 1 heterocycles. The van der Waals surface area contributed by atoms with E-state index in [4.69, 9.17) is 5.73 Å². The molecule has 0 spiro atoms. The van der Waals surface area contributed by atoms with Gasteiger partial charge in [0.05, 0.1) is 0 Å². The number of halogens is 2. The van der Waals surface area contributed by atoms with Gasteiger partial charge in [0, 0.05) is 29.3 Å². The molecule has 4 N–H and O–H groups in total. The van der Waals surface area contributed by atoms with Gasteiger partial charge in [-0.25, -0.2) is 4.39 Å². The lowest BCUT2D eigenvalue weighted by Crippen LogP contribution is -2.23. The van der Waals surface area contributed by atoms with E-state index in [9.17, 15) is 4.39 Å². The number of fused-ring (bicyclic) bond motifs is 1. The van der Waals surface area contributed by atoms with Gasteiger partial charge in [-0.05, 0) is 54.3 Å². The summed E-state index contributed by atoms with van der Waals surface area (Å²) in [4.78, 5) is 7.44. The Kier molecular flexibility index (Phi) is 6.81. The molecular weight excluding hydrogens is 430 g/mol. The smallest absolute Gasteiger partial charge is 0.193 e. The van der Waals surface area contributed by atoms with Crippen molar-refractivity contribution >= 4 is 46.5 Å². The lowest BCUT2D eigenvalue weighted by molar-refractivity contribution is 0.629. The minimum Gasteiger partial charge on any atom is -0.370 e. The van der Waals surface area contributed by atoms with Gasteiger partial charge < -0.3 is 16.0 Å². The highest BCUT2D eigenvalue weighted by molar-refractivity contribution is 14.0. The van der Waals surface area contributed by atoms with Gasteiger partial charge in [-0.1, -0.05) is 19.1 Å². The number of hydrogen-bond donors (Lipinski definition) is 3. The Balaban J connectivity index is 0.00000225. The van der Waals surface area contributed by atoms with Crippen molar-refractivity contribution in [3.63, 3.8) is 0 Å². The molecule has 3 aromatic rings. The molecule has 0 aliphatic carbocycles. The van der Waals surface area contributed by atoms with Crippen molar-refractivity contribution in [1.29, 1.82) is 0 Å². The van der Waals surface area contributed by atoms with Crippen LogP contribution in [-0.2, 0) is 12.8 Å².